The molecule has 0 spiro atoms. The van der Waals surface area contributed by atoms with Crippen LogP contribution >= 0.6 is 0 Å². The number of para-hydroxylation sites is 1. The van der Waals surface area contributed by atoms with Crippen LogP contribution in [0.2, 0.25) is 0 Å². The SMILES string of the molecule is CC(=N\[O-])/C(=N\O)C(=O)Nc1ccccc1. The first-order chi connectivity index (χ1) is 7.69. The number of amides is 1. The molecular formula is C10H10N3O3-. The number of rotatable bonds is 3. The fraction of sp³-hybridized carbons (Fsp3) is 0.100. The fourth-order valence-electron chi connectivity index (χ4n) is 1.04. The Morgan fingerprint density at radius 1 is 1.38 bits per heavy atom. The van der Waals surface area contributed by atoms with Gasteiger partial charge in [-0.1, -0.05) is 23.4 Å². The van der Waals surface area contributed by atoms with Gasteiger partial charge in [0.2, 0.25) is 0 Å². The van der Waals surface area contributed by atoms with Gasteiger partial charge in [-0.25, -0.2) is 0 Å². The summed E-state index contributed by atoms with van der Waals surface area (Å²) in [5.41, 5.74) is -0.0536. The van der Waals surface area contributed by atoms with E-state index in [-0.39, 0.29) is 5.71 Å². The molecule has 2 N–H and O–H groups in total. The Labute approximate surface area is 91.9 Å². The third-order valence-electron chi connectivity index (χ3n) is 1.83. The molecule has 0 saturated carbocycles. The van der Waals surface area contributed by atoms with Crippen molar-refractivity contribution in [3.63, 3.8) is 0 Å². The molecule has 0 atom stereocenters. The van der Waals surface area contributed by atoms with E-state index >= 15 is 0 Å². The Morgan fingerprint density at radius 3 is 2.50 bits per heavy atom. The summed E-state index contributed by atoms with van der Waals surface area (Å²) < 4.78 is 0. The van der Waals surface area contributed by atoms with Crippen LogP contribution in [0, 0.1) is 5.21 Å². The van der Waals surface area contributed by atoms with Crippen LogP contribution in [0.15, 0.2) is 40.6 Å². The van der Waals surface area contributed by atoms with Gasteiger partial charge in [-0.15, -0.1) is 0 Å². The minimum absolute atomic E-state index is 0.184. The number of hydrogen-bond acceptors (Lipinski definition) is 5. The van der Waals surface area contributed by atoms with Crippen LogP contribution in [0.5, 0.6) is 0 Å². The van der Waals surface area contributed by atoms with Crippen molar-refractivity contribution in [2.45, 2.75) is 6.92 Å². The molecule has 0 aliphatic heterocycles. The molecular weight excluding hydrogens is 210 g/mol. The number of carbonyl (C=O) groups excluding carboxylic acids is 1. The Bertz CT molecular complexity index is 426. The molecule has 0 aromatic heterocycles. The van der Waals surface area contributed by atoms with Crippen LogP contribution in [-0.4, -0.2) is 22.5 Å². The summed E-state index contributed by atoms with van der Waals surface area (Å²) in [7, 11) is 0. The van der Waals surface area contributed by atoms with E-state index in [0.717, 1.165) is 0 Å². The van der Waals surface area contributed by atoms with Gasteiger partial charge < -0.3 is 20.9 Å². The largest absolute Gasteiger partial charge is 0.792 e. The Balaban J connectivity index is 2.80. The Kier molecular flexibility index (Phi) is 4.02. The first-order valence-corrected chi connectivity index (χ1v) is 4.44. The average Bonchev–Trinajstić information content (AvgIpc) is 2.31. The molecule has 1 rings (SSSR count). The van der Waals surface area contributed by atoms with Gasteiger partial charge >= 0.3 is 0 Å². The van der Waals surface area contributed by atoms with Gasteiger partial charge in [0.25, 0.3) is 5.91 Å². The van der Waals surface area contributed by atoms with Crippen molar-refractivity contribution in [2.24, 2.45) is 10.3 Å². The van der Waals surface area contributed by atoms with E-state index in [9.17, 15) is 10.0 Å². The maximum Gasteiger partial charge on any atom is 0.279 e. The second-order valence-corrected chi connectivity index (χ2v) is 2.95. The molecule has 84 valence electrons. The number of hydrogen-bond donors (Lipinski definition) is 2. The predicted octanol–water partition coefficient (Wildman–Crippen LogP) is 1.41. The summed E-state index contributed by atoms with van der Waals surface area (Å²) in [6.45, 7) is 1.28. The van der Waals surface area contributed by atoms with Crippen molar-refractivity contribution in [1.82, 2.24) is 0 Å². The quantitative estimate of drug-likeness (QED) is 0.457. The molecule has 1 amide bonds. The molecule has 0 fully saturated rings. The van der Waals surface area contributed by atoms with Gasteiger partial charge in [0.15, 0.2) is 5.71 Å². The number of carbonyl (C=O) groups is 1. The molecule has 0 radical (unpaired) electrons. The van der Waals surface area contributed by atoms with Crippen LogP contribution in [0.4, 0.5) is 5.69 Å². The second kappa shape index (κ2) is 5.50. The number of nitrogens with one attached hydrogen (secondary N) is 1. The Hall–Kier alpha value is -2.37. The second-order valence-electron chi connectivity index (χ2n) is 2.95. The van der Waals surface area contributed by atoms with Crippen LogP contribution in [0.25, 0.3) is 0 Å². The number of nitrogens with zero attached hydrogens (tertiary/aromatic N) is 2. The zero-order chi connectivity index (χ0) is 12.0. The average molecular weight is 220 g/mol. The van der Waals surface area contributed by atoms with E-state index < -0.39 is 11.6 Å². The Morgan fingerprint density at radius 2 is 2.00 bits per heavy atom. The summed E-state index contributed by atoms with van der Waals surface area (Å²) in [5.74, 6) is -0.689. The molecule has 0 bridgehead atoms. The summed E-state index contributed by atoms with van der Waals surface area (Å²) in [6.07, 6.45) is 0. The molecule has 1 aromatic rings. The lowest BCUT2D eigenvalue weighted by Crippen LogP contribution is -2.28. The third kappa shape index (κ3) is 2.81. The maximum atomic E-state index is 11.5. The van der Waals surface area contributed by atoms with E-state index in [2.05, 4.69) is 15.6 Å². The molecule has 0 aliphatic carbocycles. The van der Waals surface area contributed by atoms with Gasteiger partial charge in [-0.05, 0) is 19.1 Å². The first kappa shape index (κ1) is 11.7. The monoisotopic (exact) mass is 220 g/mol. The first-order valence-electron chi connectivity index (χ1n) is 4.44. The van der Waals surface area contributed by atoms with Crippen molar-refractivity contribution in [2.75, 3.05) is 5.32 Å². The summed E-state index contributed by atoms with van der Waals surface area (Å²) >= 11 is 0. The fourth-order valence-corrected chi connectivity index (χ4v) is 1.04. The van der Waals surface area contributed by atoms with Crippen molar-refractivity contribution < 1.29 is 10.0 Å². The van der Waals surface area contributed by atoms with Gasteiger partial charge in [-0.2, -0.15) is 0 Å². The van der Waals surface area contributed by atoms with Crippen LogP contribution in [0.3, 0.4) is 0 Å². The van der Waals surface area contributed by atoms with Gasteiger partial charge in [0.05, 0.1) is 5.71 Å². The predicted molar refractivity (Wildman–Crippen MR) is 60.8 cm³/mol. The van der Waals surface area contributed by atoms with E-state index in [4.69, 9.17) is 5.21 Å². The van der Waals surface area contributed by atoms with Crippen molar-refractivity contribution in [3.05, 3.63) is 35.5 Å². The van der Waals surface area contributed by atoms with Crippen molar-refractivity contribution >= 4 is 23.0 Å². The minimum atomic E-state index is -0.689. The van der Waals surface area contributed by atoms with E-state index in [1.165, 1.54) is 6.92 Å². The van der Waals surface area contributed by atoms with Crippen molar-refractivity contribution in [1.29, 1.82) is 0 Å². The lowest BCUT2D eigenvalue weighted by atomic mass is 10.2. The number of oxime groups is 1. The molecule has 16 heavy (non-hydrogen) atoms. The number of anilines is 1. The lowest BCUT2D eigenvalue weighted by molar-refractivity contribution is -0.110. The molecule has 1 aromatic carbocycles. The maximum absolute atomic E-state index is 11.5. The van der Waals surface area contributed by atoms with Gasteiger partial charge in [0.1, 0.15) is 0 Å². The molecule has 0 saturated heterocycles. The van der Waals surface area contributed by atoms with Crippen LogP contribution in [-0.2, 0) is 4.79 Å². The van der Waals surface area contributed by atoms with Gasteiger partial charge in [-0.3, -0.25) is 4.79 Å². The normalized spacial score (nSPS) is 12.3. The topological polar surface area (TPSA) is 97.1 Å². The zero-order valence-electron chi connectivity index (χ0n) is 8.54. The minimum Gasteiger partial charge on any atom is -0.792 e. The van der Waals surface area contributed by atoms with Crippen LogP contribution < -0.4 is 5.32 Å². The van der Waals surface area contributed by atoms with E-state index in [0.29, 0.717) is 5.69 Å². The zero-order valence-corrected chi connectivity index (χ0v) is 8.54. The third-order valence-corrected chi connectivity index (χ3v) is 1.83. The highest BCUT2D eigenvalue weighted by Gasteiger charge is 2.14. The van der Waals surface area contributed by atoms with Crippen molar-refractivity contribution in [3.8, 4) is 0 Å². The van der Waals surface area contributed by atoms with E-state index in [1.54, 1.807) is 30.3 Å². The molecule has 0 heterocycles. The summed E-state index contributed by atoms with van der Waals surface area (Å²) in [6, 6.07) is 8.59. The van der Waals surface area contributed by atoms with E-state index in [1.807, 2.05) is 0 Å². The highest BCUT2D eigenvalue weighted by molar-refractivity contribution is 6.68. The molecule has 6 nitrogen and oxygen atoms in total. The smallest absolute Gasteiger partial charge is 0.279 e. The molecule has 0 aliphatic rings. The highest BCUT2D eigenvalue weighted by Crippen LogP contribution is 2.05. The van der Waals surface area contributed by atoms with Crippen LogP contribution in [0.1, 0.15) is 6.92 Å². The lowest BCUT2D eigenvalue weighted by Gasteiger charge is -2.07. The standard InChI is InChI=1S/C10H11N3O3/c1-7(12-15)9(13-16)10(14)11-8-5-3-2-4-6-8/h2-6,15-16H,1H3,(H,11,14)/p-1/b12-7+,13-9+. The highest BCUT2D eigenvalue weighted by atomic mass is 16.4. The summed E-state index contributed by atoms with van der Waals surface area (Å²) in [4.78, 5) is 11.5. The van der Waals surface area contributed by atoms with Gasteiger partial charge in [0, 0.05) is 5.69 Å². The number of benzene rings is 1. The summed E-state index contributed by atoms with van der Waals surface area (Å²) in [5, 5.41) is 26.5. The molecule has 6 heteroatoms. The molecule has 0 unspecified atom stereocenters.